The fourth-order valence-corrected chi connectivity index (χ4v) is 2.10. The summed E-state index contributed by atoms with van der Waals surface area (Å²) in [5.41, 5.74) is 0.898. The first-order valence-corrected chi connectivity index (χ1v) is 6.75. The highest BCUT2D eigenvalue weighted by Gasteiger charge is 2.04. The first-order chi connectivity index (χ1) is 10.2. The molecule has 1 aromatic heterocycles. The van der Waals surface area contributed by atoms with Gasteiger partial charge < -0.3 is 9.47 Å². The van der Waals surface area contributed by atoms with Crippen LogP contribution in [0, 0.1) is 0 Å². The summed E-state index contributed by atoms with van der Waals surface area (Å²) < 4.78 is 12.6. The maximum atomic E-state index is 5.93. The summed E-state index contributed by atoms with van der Waals surface area (Å²) in [5.74, 6) is 2.09. The van der Waals surface area contributed by atoms with Crippen LogP contribution >= 0.6 is 11.6 Å². The number of benzene rings is 2. The Morgan fingerprint density at radius 2 is 1.81 bits per heavy atom. The van der Waals surface area contributed by atoms with Crippen molar-refractivity contribution in [3.8, 4) is 22.9 Å². The van der Waals surface area contributed by atoms with E-state index in [0.717, 1.165) is 11.4 Å². The van der Waals surface area contributed by atoms with Crippen molar-refractivity contribution in [1.29, 1.82) is 0 Å². The van der Waals surface area contributed by atoms with Gasteiger partial charge in [0.05, 0.1) is 25.2 Å². The lowest BCUT2D eigenvalue weighted by Gasteiger charge is -2.04. The van der Waals surface area contributed by atoms with Crippen molar-refractivity contribution in [2.24, 2.45) is 0 Å². The number of nitrogens with zero attached hydrogens (tertiary/aromatic N) is 2. The summed E-state index contributed by atoms with van der Waals surface area (Å²) in [4.78, 5) is 0. The number of halogens is 1. The van der Waals surface area contributed by atoms with Gasteiger partial charge in [-0.2, -0.15) is 5.10 Å². The van der Waals surface area contributed by atoms with Gasteiger partial charge in [0.15, 0.2) is 5.75 Å². The molecule has 106 valence electrons. The molecule has 0 N–H and O–H groups in total. The first kappa shape index (κ1) is 13.5. The second-order valence-electron chi connectivity index (χ2n) is 4.38. The van der Waals surface area contributed by atoms with Gasteiger partial charge in [-0.15, -0.1) is 0 Å². The van der Waals surface area contributed by atoms with E-state index in [1.807, 2.05) is 36.4 Å². The van der Waals surface area contributed by atoms with E-state index in [2.05, 4.69) is 5.10 Å². The predicted octanol–water partition coefficient (Wildman–Crippen LogP) is 4.33. The van der Waals surface area contributed by atoms with Gasteiger partial charge in [0, 0.05) is 11.1 Å². The Morgan fingerprint density at radius 3 is 2.62 bits per heavy atom. The summed E-state index contributed by atoms with van der Waals surface area (Å²) in [6, 6.07) is 14.9. The van der Waals surface area contributed by atoms with Gasteiger partial charge in [0.1, 0.15) is 11.5 Å². The number of rotatable bonds is 4. The molecule has 0 spiro atoms. The summed E-state index contributed by atoms with van der Waals surface area (Å²) in [5, 5.41) is 4.92. The van der Waals surface area contributed by atoms with Gasteiger partial charge in [-0.1, -0.05) is 23.7 Å². The van der Waals surface area contributed by atoms with E-state index in [1.165, 1.54) is 0 Å². The van der Waals surface area contributed by atoms with Gasteiger partial charge >= 0.3 is 0 Å². The van der Waals surface area contributed by atoms with Crippen molar-refractivity contribution in [3.05, 3.63) is 65.9 Å². The Kier molecular flexibility index (Phi) is 3.79. The quantitative estimate of drug-likeness (QED) is 0.719. The molecule has 0 unspecified atom stereocenters. The molecular weight excluding hydrogens is 288 g/mol. The molecule has 3 aromatic rings. The zero-order valence-corrected chi connectivity index (χ0v) is 12.1. The van der Waals surface area contributed by atoms with E-state index in [4.69, 9.17) is 21.1 Å². The van der Waals surface area contributed by atoms with Crippen molar-refractivity contribution < 1.29 is 9.47 Å². The zero-order valence-electron chi connectivity index (χ0n) is 11.4. The molecule has 0 saturated heterocycles. The van der Waals surface area contributed by atoms with Gasteiger partial charge in [0.25, 0.3) is 0 Å². The Morgan fingerprint density at radius 1 is 1.00 bits per heavy atom. The first-order valence-electron chi connectivity index (χ1n) is 6.37. The molecule has 0 bridgehead atoms. The van der Waals surface area contributed by atoms with E-state index in [1.54, 1.807) is 36.3 Å². The highest BCUT2D eigenvalue weighted by atomic mass is 35.5. The molecule has 3 rings (SSSR count). The van der Waals surface area contributed by atoms with Gasteiger partial charge in [-0.3, -0.25) is 0 Å². The minimum Gasteiger partial charge on any atom is -0.497 e. The van der Waals surface area contributed by atoms with Crippen molar-refractivity contribution in [3.63, 3.8) is 0 Å². The summed E-state index contributed by atoms with van der Waals surface area (Å²) in [6.07, 6.45) is 3.45. The van der Waals surface area contributed by atoms with Crippen molar-refractivity contribution in [2.75, 3.05) is 7.11 Å². The maximum Gasteiger partial charge on any atom is 0.165 e. The highest BCUT2D eigenvalue weighted by Crippen LogP contribution is 2.25. The molecule has 5 heteroatoms. The van der Waals surface area contributed by atoms with E-state index < -0.39 is 0 Å². The predicted molar refractivity (Wildman–Crippen MR) is 81.6 cm³/mol. The number of aromatic nitrogens is 2. The van der Waals surface area contributed by atoms with Crippen molar-refractivity contribution in [2.45, 2.75) is 0 Å². The molecule has 2 aromatic carbocycles. The number of ether oxygens (including phenoxy) is 2. The van der Waals surface area contributed by atoms with Gasteiger partial charge in [-0.05, 0) is 30.3 Å². The lowest BCUT2D eigenvalue weighted by molar-refractivity contribution is 0.414. The van der Waals surface area contributed by atoms with E-state index in [-0.39, 0.29) is 0 Å². The summed E-state index contributed by atoms with van der Waals surface area (Å²) >= 11 is 5.93. The lowest BCUT2D eigenvalue weighted by Crippen LogP contribution is -1.94. The topological polar surface area (TPSA) is 36.3 Å². The molecular formula is C16H13ClN2O2. The fraction of sp³-hybridized carbons (Fsp3) is 0.0625. The molecule has 0 aliphatic carbocycles. The smallest absolute Gasteiger partial charge is 0.165 e. The fourth-order valence-electron chi connectivity index (χ4n) is 1.92. The monoisotopic (exact) mass is 300 g/mol. The minimum atomic E-state index is 0.632. The molecule has 0 fully saturated rings. The van der Waals surface area contributed by atoms with E-state index in [9.17, 15) is 0 Å². The number of methoxy groups -OCH3 is 1. The molecule has 0 radical (unpaired) electrons. The van der Waals surface area contributed by atoms with Crippen molar-refractivity contribution in [1.82, 2.24) is 9.78 Å². The van der Waals surface area contributed by atoms with Crippen LogP contribution in [-0.2, 0) is 0 Å². The molecule has 0 aliphatic heterocycles. The van der Waals surface area contributed by atoms with Crippen LogP contribution in [0.4, 0.5) is 0 Å². The molecule has 21 heavy (non-hydrogen) atoms. The molecule has 0 atom stereocenters. The maximum absolute atomic E-state index is 5.93. The SMILES string of the molecule is COc1cccc(-n2cc(Oc3cccc(Cl)c3)cn2)c1. The highest BCUT2D eigenvalue weighted by molar-refractivity contribution is 6.30. The second-order valence-corrected chi connectivity index (χ2v) is 4.82. The number of hydrogen-bond donors (Lipinski definition) is 0. The third kappa shape index (κ3) is 3.17. The van der Waals surface area contributed by atoms with Crippen LogP contribution in [-0.4, -0.2) is 16.9 Å². The summed E-state index contributed by atoms with van der Waals surface area (Å²) in [7, 11) is 1.63. The standard InChI is InChI=1S/C16H13ClN2O2/c1-20-14-6-3-5-13(9-14)19-11-16(10-18-19)21-15-7-2-4-12(17)8-15/h2-11H,1H3. The van der Waals surface area contributed by atoms with Crippen LogP contribution in [0.1, 0.15) is 0 Å². The number of hydrogen-bond acceptors (Lipinski definition) is 3. The van der Waals surface area contributed by atoms with E-state index in [0.29, 0.717) is 16.5 Å². The van der Waals surface area contributed by atoms with Gasteiger partial charge in [-0.25, -0.2) is 4.68 Å². The van der Waals surface area contributed by atoms with Crippen LogP contribution in [0.3, 0.4) is 0 Å². The normalized spacial score (nSPS) is 10.4. The molecule has 0 aliphatic rings. The Hall–Kier alpha value is -2.46. The van der Waals surface area contributed by atoms with Gasteiger partial charge in [0.2, 0.25) is 0 Å². The van der Waals surface area contributed by atoms with Crippen LogP contribution in [0.15, 0.2) is 60.9 Å². The summed E-state index contributed by atoms with van der Waals surface area (Å²) in [6.45, 7) is 0. The average molecular weight is 301 g/mol. The Labute approximate surface area is 127 Å². The van der Waals surface area contributed by atoms with Crippen LogP contribution in [0.2, 0.25) is 5.02 Å². The molecule has 0 amide bonds. The third-order valence-corrected chi connectivity index (χ3v) is 3.14. The Balaban J connectivity index is 1.82. The molecule has 4 nitrogen and oxygen atoms in total. The second kappa shape index (κ2) is 5.89. The van der Waals surface area contributed by atoms with Crippen LogP contribution < -0.4 is 9.47 Å². The average Bonchev–Trinajstić information content (AvgIpc) is 2.96. The Bertz CT molecular complexity index is 755. The zero-order chi connectivity index (χ0) is 14.7. The largest absolute Gasteiger partial charge is 0.497 e. The lowest BCUT2D eigenvalue weighted by atomic mass is 10.3. The van der Waals surface area contributed by atoms with E-state index >= 15 is 0 Å². The van der Waals surface area contributed by atoms with Crippen LogP contribution in [0.5, 0.6) is 17.2 Å². The van der Waals surface area contributed by atoms with Crippen LogP contribution in [0.25, 0.3) is 5.69 Å². The molecule has 0 saturated carbocycles. The van der Waals surface area contributed by atoms with Crippen molar-refractivity contribution >= 4 is 11.6 Å². The minimum absolute atomic E-state index is 0.632. The molecule has 1 heterocycles. The third-order valence-electron chi connectivity index (χ3n) is 2.91.